The molecule has 18 heavy (non-hydrogen) atoms. The third kappa shape index (κ3) is 24.9. The van der Waals surface area contributed by atoms with Crippen molar-refractivity contribution in [3.05, 3.63) is 0 Å². The van der Waals surface area contributed by atoms with Gasteiger partial charge in [-0.25, -0.2) is 0 Å². The first-order valence-corrected chi connectivity index (χ1v) is 7.66. The highest BCUT2D eigenvalue weighted by Gasteiger charge is 1.90. The van der Waals surface area contributed by atoms with E-state index in [9.17, 15) is 0 Å². The molecule has 3 N–H and O–H groups in total. The molecular formula is C15H34O3. The molecule has 0 heterocycles. The Hall–Kier alpha value is -0.120. The lowest BCUT2D eigenvalue weighted by atomic mass is 10.1. The Morgan fingerprint density at radius 2 is 0.722 bits per heavy atom. The first-order valence-electron chi connectivity index (χ1n) is 7.66. The van der Waals surface area contributed by atoms with Gasteiger partial charge in [0.1, 0.15) is 0 Å². The summed E-state index contributed by atoms with van der Waals surface area (Å²) in [6.07, 6.45) is 12.6. The van der Waals surface area contributed by atoms with Gasteiger partial charge in [-0.3, -0.25) is 0 Å². The van der Waals surface area contributed by atoms with Crippen molar-refractivity contribution in [2.45, 2.75) is 77.6 Å². The van der Waals surface area contributed by atoms with Gasteiger partial charge in [-0.15, -0.1) is 0 Å². The lowest BCUT2D eigenvalue weighted by molar-refractivity contribution is 0.279. The molecule has 0 spiro atoms. The second-order valence-corrected chi connectivity index (χ2v) is 4.71. The molecule has 112 valence electrons. The molecule has 0 fully saturated rings. The standard InChI is InChI=1S/C10H22O2.C5H12O/c11-9-7-5-3-1-2-4-6-8-10-12;1-2-3-4-5-6/h11-12H,1-10H2;6H,2-5H2,1H3. The minimum absolute atomic E-state index is 0.338. The van der Waals surface area contributed by atoms with Crippen LogP contribution in [-0.2, 0) is 0 Å². The number of hydrogen-bond donors (Lipinski definition) is 3. The SMILES string of the molecule is CCCCCO.OCCCCCCCCCCO. The lowest BCUT2D eigenvalue weighted by Gasteiger charge is -1.99. The molecule has 0 aliphatic carbocycles. The Morgan fingerprint density at radius 3 is 0.944 bits per heavy atom. The highest BCUT2D eigenvalue weighted by molar-refractivity contribution is 4.45. The molecule has 0 atom stereocenters. The Balaban J connectivity index is 0. The van der Waals surface area contributed by atoms with Gasteiger partial charge in [0.25, 0.3) is 0 Å². The van der Waals surface area contributed by atoms with Crippen molar-refractivity contribution in [3.8, 4) is 0 Å². The van der Waals surface area contributed by atoms with Crippen LogP contribution in [-0.4, -0.2) is 35.1 Å². The monoisotopic (exact) mass is 262 g/mol. The van der Waals surface area contributed by atoms with Crippen LogP contribution >= 0.6 is 0 Å². The molecule has 0 saturated carbocycles. The number of hydrogen-bond acceptors (Lipinski definition) is 3. The normalized spacial score (nSPS) is 10.0. The second kappa shape index (κ2) is 22.1. The van der Waals surface area contributed by atoms with Gasteiger partial charge in [-0.2, -0.15) is 0 Å². The van der Waals surface area contributed by atoms with Crippen molar-refractivity contribution in [3.63, 3.8) is 0 Å². The third-order valence-electron chi connectivity index (χ3n) is 2.83. The fourth-order valence-electron chi connectivity index (χ4n) is 1.65. The summed E-state index contributed by atoms with van der Waals surface area (Å²) in [6, 6.07) is 0. The fourth-order valence-corrected chi connectivity index (χ4v) is 1.65. The van der Waals surface area contributed by atoms with E-state index in [0.29, 0.717) is 19.8 Å². The lowest BCUT2D eigenvalue weighted by Crippen LogP contribution is -1.85. The van der Waals surface area contributed by atoms with Crippen molar-refractivity contribution >= 4 is 0 Å². The van der Waals surface area contributed by atoms with Crippen LogP contribution in [0.2, 0.25) is 0 Å². The maximum Gasteiger partial charge on any atom is 0.0431 e. The number of aliphatic hydroxyl groups is 3. The molecule has 0 unspecified atom stereocenters. The van der Waals surface area contributed by atoms with Gasteiger partial charge in [0.15, 0.2) is 0 Å². The summed E-state index contributed by atoms with van der Waals surface area (Å²) in [6.45, 7) is 3.15. The molecule has 0 rings (SSSR count). The smallest absolute Gasteiger partial charge is 0.0431 e. The number of aliphatic hydroxyl groups excluding tert-OH is 3. The van der Waals surface area contributed by atoms with Crippen LogP contribution in [0.1, 0.15) is 77.6 Å². The zero-order chi connectivity index (χ0) is 13.9. The van der Waals surface area contributed by atoms with Crippen LogP contribution in [0.3, 0.4) is 0 Å². The molecule has 0 aromatic rings. The maximum atomic E-state index is 8.51. The van der Waals surface area contributed by atoms with Crippen LogP contribution in [0.15, 0.2) is 0 Å². The first kappa shape index (κ1) is 20.2. The van der Waals surface area contributed by atoms with Crippen molar-refractivity contribution in [2.75, 3.05) is 19.8 Å². The predicted octanol–water partition coefficient (Wildman–Crippen LogP) is 3.26. The van der Waals surface area contributed by atoms with Crippen molar-refractivity contribution in [1.29, 1.82) is 0 Å². The molecule has 0 aromatic carbocycles. The second-order valence-electron chi connectivity index (χ2n) is 4.71. The van der Waals surface area contributed by atoms with Crippen molar-refractivity contribution in [2.24, 2.45) is 0 Å². The highest BCUT2D eigenvalue weighted by Crippen LogP contribution is 2.07. The number of rotatable bonds is 12. The quantitative estimate of drug-likeness (QED) is 0.473. The van der Waals surface area contributed by atoms with E-state index >= 15 is 0 Å². The van der Waals surface area contributed by atoms with Gasteiger partial charge in [0.05, 0.1) is 0 Å². The third-order valence-corrected chi connectivity index (χ3v) is 2.83. The van der Waals surface area contributed by atoms with Gasteiger partial charge in [0.2, 0.25) is 0 Å². The summed E-state index contributed by atoms with van der Waals surface area (Å²) < 4.78 is 0. The molecule has 0 radical (unpaired) electrons. The molecule has 0 bridgehead atoms. The largest absolute Gasteiger partial charge is 0.396 e. The Labute approximate surface area is 113 Å². The van der Waals surface area contributed by atoms with Gasteiger partial charge in [-0.1, -0.05) is 58.3 Å². The van der Waals surface area contributed by atoms with Crippen LogP contribution < -0.4 is 0 Å². The Bertz CT molecular complexity index is 104. The Morgan fingerprint density at radius 1 is 0.444 bits per heavy atom. The minimum atomic E-state index is 0.338. The van der Waals surface area contributed by atoms with E-state index in [0.717, 1.165) is 38.5 Å². The van der Waals surface area contributed by atoms with Gasteiger partial charge >= 0.3 is 0 Å². The van der Waals surface area contributed by atoms with Crippen LogP contribution in [0.25, 0.3) is 0 Å². The molecule has 0 aromatic heterocycles. The summed E-state index contributed by atoms with van der Waals surface area (Å²) in [5.74, 6) is 0. The van der Waals surface area contributed by atoms with Gasteiger partial charge < -0.3 is 15.3 Å². The van der Waals surface area contributed by atoms with Crippen molar-refractivity contribution < 1.29 is 15.3 Å². The van der Waals surface area contributed by atoms with E-state index in [2.05, 4.69) is 6.92 Å². The summed E-state index contributed by atoms with van der Waals surface area (Å²) in [7, 11) is 0. The van der Waals surface area contributed by atoms with E-state index < -0.39 is 0 Å². The van der Waals surface area contributed by atoms with E-state index in [4.69, 9.17) is 15.3 Å². The maximum absolute atomic E-state index is 8.51. The predicted molar refractivity (Wildman–Crippen MR) is 77.7 cm³/mol. The van der Waals surface area contributed by atoms with E-state index in [-0.39, 0.29) is 0 Å². The van der Waals surface area contributed by atoms with E-state index in [1.54, 1.807) is 0 Å². The summed E-state index contributed by atoms with van der Waals surface area (Å²) >= 11 is 0. The summed E-state index contributed by atoms with van der Waals surface area (Å²) in [5, 5.41) is 25.2. The summed E-state index contributed by atoms with van der Waals surface area (Å²) in [5.41, 5.74) is 0. The molecule has 0 aliphatic heterocycles. The number of unbranched alkanes of at least 4 members (excludes halogenated alkanes) is 9. The Kier molecular flexibility index (Phi) is 24.8. The van der Waals surface area contributed by atoms with Gasteiger partial charge in [-0.05, 0) is 19.3 Å². The zero-order valence-electron chi connectivity index (χ0n) is 12.2. The average molecular weight is 262 g/mol. The molecular weight excluding hydrogens is 228 g/mol. The fraction of sp³-hybridized carbons (Fsp3) is 1.00. The van der Waals surface area contributed by atoms with Gasteiger partial charge in [0, 0.05) is 19.8 Å². The topological polar surface area (TPSA) is 60.7 Å². The van der Waals surface area contributed by atoms with Crippen LogP contribution in [0, 0.1) is 0 Å². The van der Waals surface area contributed by atoms with E-state index in [1.165, 1.54) is 32.1 Å². The molecule has 3 nitrogen and oxygen atoms in total. The van der Waals surface area contributed by atoms with Crippen molar-refractivity contribution in [1.82, 2.24) is 0 Å². The summed E-state index contributed by atoms with van der Waals surface area (Å²) in [4.78, 5) is 0. The minimum Gasteiger partial charge on any atom is -0.396 e. The average Bonchev–Trinajstić information content (AvgIpc) is 2.40. The van der Waals surface area contributed by atoms with Crippen LogP contribution in [0.4, 0.5) is 0 Å². The van der Waals surface area contributed by atoms with E-state index in [1.807, 2.05) is 0 Å². The molecule has 0 saturated heterocycles. The molecule has 0 amide bonds. The first-order chi connectivity index (χ1) is 8.83. The molecule has 3 heteroatoms. The highest BCUT2D eigenvalue weighted by atomic mass is 16.3. The van der Waals surface area contributed by atoms with Crippen LogP contribution in [0.5, 0.6) is 0 Å². The zero-order valence-corrected chi connectivity index (χ0v) is 12.2. The molecule has 0 aliphatic rings.